The van der Waals surface area contributed by atoms with Gasteiger partial charge in [-0.25, -0.2) is 0 Å². The average Bonchev–Trinajstić information content (AvgIpc) is 2.90. The second kappa shape index (κ2) is 6.26. The quantitative estimate of drug-likeness (QED) is 0.761. The Morgan fingerprint density at radius 1 is 1.00 bits per heavy atom. The Bertz CT molecular complexity index is 467. The highest BCUT2D eigenvalue weighted by molar-refractivity contribution is 5.88. The molecule has 0 bridgehead atoms. The predicted octanol–water partition coefficient (Wildman–Crippen LogP) is 0.468. The molecule has 0 aromatic rings. The number of rotatable bonds is 3. The molecule has 3 aliphatic rings. The van der Waals surface area contributed by atoms with Gasteiger partial charge in [-0.05, 0) is 26.2 Å². The topological polar surface area (TPSA) is 60.9 Å². The second-order valence-corrected chi connectivity index (χ2v) is 6.65. The summed E-state index contributed by atoms with van der Waals surface area (Å²) in [7, 11) is 0. The summed E-state index contributed by atoms with van der Waals surface area (Å²) in [5.41, 5.74) is 0. The molecule has 3 rings (SSSR count). The first-order chi connectivity index (χ1) is 10.6. The third-order valence-corrected chi connectivity index (χ3v) is 5.29. The lowest BCUT2D eigenvalue weighted by atomic mass is 9.84. The SMILES string of the molecule is C[C@H](C(=O)N1CCN(C(=O)C2CCC2)CC1)N1CCCC1=O. The molecule has 0 aromatic carbocycles. The van der Waals surface area contributed by atoms with Crippen molar-refractivity contribution in [1.29, 1.82) is 0 Å². The number of piperazine rings is 1. The number of amides is 3. The van der Waals surface area contributed by atoms with Crippen LogP contribution in [0.2, 0.25) is 0 Å². The van der Waals surface area contributed by atoms with E-state index in [1.165, 1.54) is 0 Å². The first-order valence-electron chi connectivity index (χ1n) is 8.45. The van der Waals surface area contributed by atoms with Crippen LogP contribution in [-0.2, 0) is 14.4 Å². The molecule has 1 atom stereocenters. The van der Waals surface area contributed by atoms with E-state index in [0.717, 1.165) is 25.7 Å². The van der Waals surface area contributed by atoms with Gasteiger partial charge in [-0.15, -0.1) is 0 Å². The van der Waals surface area contributed by atoms with Gasteiger partial charge in [0.15, 0.2) is 0 Å². The molecule has 3 fully saturated rings. The Kier molecular flexibility index (Phi) is 4.36. The molecule has 1 saturated carbocycles. The van der Waals surface area contributed by atoms with E-state index >= 15 is 0 Å². The van der Waals surface area contributed by atoms with Crippen molar-refractivity contribution in [2.75, 3.05) is 32.7 Å². The average molecular weight is 307 g/mol. The fourth-order valence-corrected chi connectivity index (χ4v) is 3.54. The van der Waals surface area contributed by atoms with Crippen molar-refractivity contribution in [2.24, 2.45) is 5.92 Å². The normalized spacial score (nSPS) is 24.4. The Labute approximate surface area is 131 Å². The van der Waals surface area contributed by atoms with E-state index < -0.39 is 0 Å². The summed E-state index contributed by atoms with van der Waals surface area (Å²) in [5, 5.41) is 0. The number of carbonyl (C=O) groups is 3. The summed E-state index contributed by atoms with van der Waals surface area (Å²) >= 11 is 0. The van der Waals surface area contributed by atoms with E-state index in [0.29, 0.717) is 39.1 Å². The van der Waals surface area contributed by atoms with Crippen LogP contribution in [0.1, 0.15) is 39.0 Å². The van der Waals surface area contributed by atoms with Crippen LogP contribution in [0.15, 0.2) is 0 Å². The molecular formula is C16H25N3O3. The van der Waals surface area contributed by atoms with E-state index in [2.05, 4.69) is 0 Å². The van der Waals surface area contributed by atoms with E-state index in [4.69, 9.17) is 0 Å². The van der Waals surface area contributed by atoms with Gasteiger partial charge < -0.3 is 14.7 Å². The zero-order chi connectivity index (χ0) is 15.7. The van der Waals surface area contributed by atoms with Crippen LogP contribution in [-0.4, -0.2) is 71.2 Å². The summed E-state index contributed by atoms with van der Waals surface area (Å²) < 4.78 is 0. The summed E-state index contributed by atoms with van der Waals surface area (Å²) in [4.78, 5) is 41.9. The molecule has 3 amide bonds. The van der Waals surface area contributed by atoms with Crippen molar-refractivity contribution < 1.29 is 14.4 Å². The summed E-state index contributed by atoms with van der Waals surface area (Å²) in [6, 6.07) is -0.371. The van der Waals surface area contributed by atoms with Crippen molar-refractivity contribution in [1.82, 2.24) is 14.7 Å². The molecule has 0 N–H and O–H groups in total. The molecule has 0 unspecified atom stereocenters. The fourth-order valence-electron chi connectivity index (χ4n) is 3.54. The molecule has 2 saturated heterocycles. The van der Waals surface area contributed by atoms with Crippen LogP contribution in [0.25, 0.3) is 0 Å². The molecule has 0 radical (unpaired) electrons. The van der Waals surface area contributed by atoms with Gasteiger partial charge in [0, 0.05) is 45.1 Å². The molecule has 6 heteroatoms. The Morgan fingerprint density at radius 2 is 1.64 bits per heavy atom. The summed E-state index contributed by atoms with van der Waals surface area (Å²) in [6.07, 6.45) is 4.61. The first-order valence-corrected chi connectivity index (χ1v) is 8.45. The van der Waals surface area contributed by atoms with Gasteiger partial charge >= 0.3 is 0 Å². The lowest BCUT2D eigenvalue weighted by Gasteiger charge is -2.39. The summed E-state index contributed by atoms with van der Waals surface area (Å²) in [5.74, 6) is 0.593. The van der Waals surface area contributed by atoms with Gasteiger partial charge in [0.25, 0.3) is 0 Å². The molecule has 6 nitrogen and oxygen atoms in total. The van der Waals surface area contributed by atoms with Crippen molar-refractivity contribution in [2.45, 2.75) is 45.1 Å². The van der Waals surface area contributed by atoms with E-state index in [1.54, 1.807) is 9.80 Å². The smallest absolute Gasteiger partial charge is 0.245 e. The van der Waals surface area contributed by atoms with Crippen LogP contribution >= 0.6 is 0 Å². The maximum atomic E-state index is 12.5. The maximum absolute atomic E-state index is 12.5. The van der Waals surface area contributed by atoms with Gasteiger partial charge in [-0.3, -0.25) is 14.4 Å². The highest BCUT2D eigenvalue weighted by atomic mass is 16.2. The molecule has 0 spiro atoms. The van der Waals surface area contributed by atoms with Crippen LogP contribution in [0.5, 0.6) is 0 Å². The second-order valence-electron chi connectivity index (χ2n) is 6.65. The Hall–Kier alpha value is -1.59. The molecular weight excluding hydrogens is 282 g/mol. The fraction of sp³-hybridized carbons (Fsp3) is 0.812. The van der Waals surface area contributed by atoms with E-state index in [-0.39, 0.29) is 29.7 Å². The number of carbonyl (C=O) groups excluding carboxylic acids is 3. The molecule has 2 aliphatic heterocycles. The largest absolute Gasteiger partial charge is 0.339 e. The van der Waals surface area contributed by atoms with Crippen LogP contribution in [0, 0.1) is 5.92 Å². The Morgan fingerprint density at radius 3 is 2.14 bits per heavy atom. The maximum Gasteiger partial charge on any atom is 0.245 e. The van der Waals surface area contributed by atoms with Crippen LogP contribution in [0.3, 0.4) is 0 Å². The van der Waals surface area contributed by atoms with Crippen molar-refractivity contribution in [3.63, 3.8) is 0 Å². The third-order valence-electron chi connectivity index (χ3n) is 5.29. The van der Waals surface area contributed by atoms with Gasteiger partial charge in [0.2, 0.25) is 17.7 Å². The lowest BCUT2D eigenvalue weighted by molar-refractivity contribution is -0.147. The highest BCUT2D eigenvalue weighted by Crippen LogP contribution is 2.28. The molecule has 0 aromatic heterocycles. The molecule has 1 aliphatic carbocycles. The Balaban J connectivity index is 1.51. The minimum absolute atomic E-state index is 0.0194. The predicted molar refractivity (Wildman–Crippen MR) is 80.9 cm³/mol. The van der Waals surface area contributed by atoms with Gasteiger partial charge in [0.1, 0.15) is 6.04 Å². The van der Waals surface area contributed by atoms with Crippen molar-refractivity contribution >= 4 is 17.7 Å². The first kappa shape index (κ1) is 15.3. The molecule has 2 heterocycles. The van der Waals surface area contributed by atoms with Gasteiger partial charge in [-0.2, -0.15) is 0 Å². The molecule has 122 valence electrons. The number of likely N-dealkylation sites (tertiary alicyclic amines) is 1. The zero-order valence-electron chi connectivity index (χ0n) is 13.3. The van der Waals surface area contributed by atoms with E-state index in [9.17, 15) is 14.4 Å². The monoisotopic (exact) mass is 307 g/mol. The highest BCUT2D eigenvalue weighted by Gasteiger charge is 2.35. The van der Waals surface area contributed by atoms with Gasteiger partial charge in [-0.1, -0.05) is 6.42 Å². The zero-order valence-corrected chi connectivity index (χ0v) is 13.3. The third kappa shape index (κ3) is 2.83. The summed E-state index contributed by atoms with van der Waals surface area (Å²) in [6.45, 7) is 4.93. The number of nitrogens with zero attached hydrogens (tertiary/aromatic N) is 3. The number of hydrogen-bond donors (Lipinski definition) is 0. The minimum Gasteiger partial charge on any atom is -0.339 e. The van der Waals surface area contributed by atoms with Crippen molar-refractivity contribution in [3.05, 3.63) is 0 Å². The van der Waals surface area contributed by atoms with Crippen molar-refractivity contribution in [3.8, 4) is 0 Å². The standard InChI is InChI=1S/C16H25N3O3/c1-12(19-7-3-6-14(19)20)15(21)17-8-10-18(11-9-17)16(22)13-4-2-5-13/h12-13H,2-11H2,1H3/t12-/m1/s1. The number of hydrogen-bond acceptors (Lipinski definition) is 3. The van der Waals surface area contributed by atoms with Crippen LogP contribution in [0.4, 0.5) is 0 Å². The molecule has 22 heavy (non-hydrogen) atoms. The minimum atomic E-state index is -0.371. The van der Waals surface area contributed by atoms with E-state index in [1.807, 2.05) is 11.8 Å². The van der Waals surface area contributed by atoms with Crippen LogP contribution < -0.4 is 0 Å². The van der Waals surface area contributed by atoms with Gasteiger partial charge in [0.05, 0.1) is 0 Å². The lowest BCUT2D eigenvalue weighted by Crippen LogP contribution is -2.56.